The fraction of sp³-hybridized carbons (Fsp3) is 0.250. The highest BCUT2D eigenvalue weighted by atomic mass is 19.1. The van der Waals surface area contributed by atoms with Crippen LogP contribution in [0.4, 0.5) is 18.0 Å². The van der Waals surface area contributed by atoms with Gasteiger partial charge in [-0.1, -0.05) is 6.07 Å². The molecule has 2 amide bonds. The number of benzene rings is 1. The number of aromatic nitrogens is 1. The first kappa shape index (κ1) is 16.1. The van der Waals surface area contributed by atoms with Crippen molar-refractivity contribution in [3.8, 4) is 11.6 Å². The second kappa shape index (κ2) is 6.38. The lowest BCUT2D eigenvalue weighted by atomic mass is 10.2. The average molecular weight is 337 g/mol. The maximum absolute atomic E-state index is 13.5. The number of rotatable bonds is 4. The van der Waals surface area contributed by atoms with Gasteiger partial charge in [-0.15, -0.1) is 0 Å². The minimum atomic E-state index is -1.15. The number of hydrogen-bond donors (Lipinski definition) is 1. The molecule has 0 aliphatic carbocycles. The first-order valence-corrected chi connectivity index (χ1v) is 7.26. The van der Waals surface area contributed by atoms with Crippen molar-refractivity contribution in [2.45, 2.75) is 19.5 Å². The molecule has 0 spiro atoms. The lowest BCUT2D eigenvalue weighted by Gasteiger charge is -2.19. The van der Waals surface area contributed by atoms with Gasteiger partial charge in [0, 0.05) is 43.5 Å². The molecule has 1 atom stereocenters. The van der Waals surface area contributed by atoms with Gasteiger partial charge in [-0.05, 0) is 12.5 Å². The van der Waals surface area contributed by atoms with Gasteiger partial charge in [0.1, 0.15) is 5.82 Å². The number of urea groups is 1. The number of pyridine rings is 1. The minimum absolute atomic E-state index is 0.0397. The summed E-state index contributed by atoms with van der Waals surface area (Å²) in [4.78, 5) is 17.3. The highest BCUT2D eigenvalue weighted by Gasteiger charge is 2.26. The SMILES string of the molecule is C[C@H]1CNC(=O)N1Cc1ccc(Oc2c(F)cc(F)cc2F)nc1. The van der Waals surface area contributed by atoms with Crippen molar-refractivity contribution in [3.05, 3.63) is 53.5 Å². The molecule has 0 bridgehead atoms. The van der Waals surface area contributed by atoms with Crippen molar-refractivity contribution in [1.82, 2.24) is 15.2 Å². The van der Waals surface area contributed by atoms with Crippen LogP contribution in [0.5, 0.6) is 11.6 Å². The summed E-state index contributed by atoms with van der Waals surface area (Å²) in [5, 5.41) is 2.73. The summed E-state index contributed by atoms with van der Waals surface area (Å²) < 4.78 is 45.0. The lowest BCUT2D eigenvalue weighted by molar-refractivity contribution is 0.204. The third-order valence-electron chi connectivity index (χ3n) is 3.66. The summed E-state index contributed by atoms with van der Waals surface area (Å²) in [6, 6.07) is 4.03. The Bertz CT molecular complexity index is 745. The van der Waals surface area contributed by atoms with Crippen LogP contribution in [0.15, 0.2) is 30.5 Å². The molecule has 1 N–H and O–H groups in total. The predicted octanol–water partition coefficient (Wildman–Crippen LogP) is 3.20. The summed E-state index contributed by atoms with van der Waals surface area (Å²) >= 11 is 0. The van der Waals surface area contributed by atoms with E-state index in [9.17, 15) is 18.0 Å². The van der Waals surface area contributed by atoms with Crippen LogP contribution < -0.4 is 10.1 Å². The Balaban J connectivity index is 1.72. The van der Waals surface area contributed by atoms with Gasteiger partial charge in [0.25, 0.3) is 0 Å². The Hall–Kier alpha value is -2.77. The fourth-order valence-electron chi connectivity index (χ4n) is 2.37. The standard InChI is InChI=1S/C16H14F3N3O2/c1-9-6-21-16(23)22(9)8-10-2-3-14(20-7-10)24-15-12(18)4-11(17)5-13(15)19/h2-5,7,9H,6,8H2,1H3,(H,21,23)/t9-/m0/s1. The van der Waals surface area contributed by atoms with E-state index in [1.807, 2.05) is 6.92 Å². The summed E-state index contributed by atoms with van der Waals surface area (Å²) in [6.07, 6.45) is 1.45. The van der Waals surface area contributed by atoms with Gasteiger partial charge < -0.3 is 15.0 Å². The Morgan fingerprint density at radius 2 is 2.00 bits per heavy atom. The smallest absolute Gasteiger partial charge is 0.318 e. The molecule has 1 aromatic carbocycles. The van der Waals surface area contributed by atoms with Crippen LogP contribution in [0, 0.1) is 17.5 Å². The molecule has 3 rings (SSSR count). The molecule has 0 saturated carbocycles. The molecule has 1 fully saturated rings. The van der Waals surface area contributed by atoms with Crippen LogP contribution in [0.1, 0.15) is 12.5 Å². The summed E-state index contributed by atoms with van der Waals surface area (Å²) in [7, 11) is 0. The van der Waals surface area contributed by atoms with Gasteiger partial charge in [0.15, 0.2) is 11.6 Å². The van der Waals surface area contributed by atoms with Crippen molar-refractivity contribution in [2.75, 3.05) is 6.54 Å². The molecule has 24 heavy (non-hydrogen) atoms. The van der Waals surface area contributed by atoms with E-state index in [1.165, 1.54) is 12.3 Å². The van der Waals surface area contributed by atoms with E-state index >= 15 is 0 Å². The molecule has 0 radical (unpaired) electrons. The third kappa shape index (κ3) is 3.27. The summed E-state index contributed by atoms with van der Waals surface area (Å²) in [5.74, 6) is -4.09. The van der Waals surface area contributed by atoms with Crippen molar-refractivity contribution in [3.63, 3.8) is 0 Å². The van der Waals surface area contributed by atoms with Gasteiger partial charge in [-0.2, -0.15) is 0 Å². The highest BCUT2D eigenvalue weighted by Crippen LogP contribution is 2.27. The molecule has 0 unspecified atom stereocenters. The zero-order valence-corrected chi connectivity index (χ0v) is 12.7. The van der Waals surface area contributed by atoms with Crippen LogP contribution >= 0.6 is 0 Å². The monoisotopic (exact) mass is 337 g/mol. The van der Waals surface area contributed by atoms with E-state index in [0.29, 0.717) is 25.2 Å². The van der Waals surface area contributed by atoms with Crippen LogP contribution in [0.2, 0.25) is 0 Å². The normalized spacial score (nSPS) is 17.1. The molecule has 1 aromatic heterocycles. The summed E-state index contributed by atoms with van der Waals surface area (Å²) in [6.45, 7) is 2.86. The van der Waals surface area contributed by atoms with Crippen molar-refractivity contribution in [2.24, 2.45) is 0 Å². The molecule has 126 valence electrons. The molecular weight excluding hydrogens is 323 g/mol. The molecule has 2 heterocycles. The Kier molecular flexibility index (Phi) is 4.28. The van der Waals surface area contributed by atoms with E-state index in [0.717, 1.165) is 5.56 Å². The van der Waals surface area contributed by atoms with Crippen LogP contribution in [0.25, 0.3) is 0 Å². The van der Waals surface area contributed by atoms with Gasteiger partial charge >= 0.3 is 6.03 Å². The summed E-state index contributed by atoms with van der Waals surface area (Å²) in [5.41, 5.74) is 0.742. The van der Waals surface area contributed by atoms with Crippen molar-refractivity contribution >= 4 is 6.03 Å². The first-order valence-electron chi connectivity index (χ1n) is 7.26. The van der Waals surface area contributed by atoms with E-state index < -0.39 is 23.2 Å². The van der Waals surface area contributed by atoms with Crippen LogP contribution in [-0.4, -0.2) is 28.5 Å². The van der Waals surface area contributed by atoms with Gasteiger partial charge in [0.05, 0.1) is 0 Å². The Labute approximate surface area is 136 Å². The minimum Gasteiger partial charge on any atom is -0.433 e. The molecule has 1 saturated heterocycles. The Morgan fingerprint density at radius 1 is 1.29 bits per heavy atom. The molecule has 2 aromatic rings. The average Bonchev–Trinajstić information content (AvgIpc) is 2.84. The predicted molar refractivity (Wildman–Crippen MR) is 79.0 cm³/mol. The number of ether oxygens (including phenoxy) is 1. The number of nitrogens with zero attached hydrogens (tertiary/aromatic N) is 2. The number of nitrogens with one attached hydrogen (secondary N) is 1. The van der Waals surface area contributed by atoms with E-state index in [-0.39, 0.29) is 18.0 Å². The zero-order valence-electron chi connectivity index (χ0n) is 12.7. The van der Waals surface area contributed by atoms with Crippen LogP contribution in [-0.2, 0) is 6.54 Å². The zero-order chi connectivity index (χ0) is 17.3. The van der Waals surface area contributed by atoms with Gasteiger partial charge in [-0.25, -0.2) is 22.9 Å². The lowest BCUT2D eigenvalue weighted by Crippen LogP contribution is -2.31. The number of hydrogen-bond acceptors (Lipinski definition) is 3. The van der Waals surface area contributed by atoms with Crippen molar-refractivity contribution in [1.29, 1.82) is 0 Å². The third-order valence-corrected chi connectivity index (χ3v) is 3.66. The van der Waals surface area contributed by atoms with E-state index in [4.69, 9.17) is 4.74 Å². The van der Waals surface area contributed by atoms with Crippen molar-refractivity contribution < 1.29 is 22.7 Å². The largest absolute Gasteiger partial charge is 0.433 e. The maximum atomic E-state index is 13.5. The van der Waals surface area contributed by atoms with Crippen LogP contribution in [0.3, 0.4) is 0 Å². The molecule has 1 aliphatic heterocycles. The van der Waals surface area contributed by atoms with E-state index in [1.54, 1.807) is 11.0 Å². The fourth-order valence-corrected chi connectivity index (χ4v) is 2.37. The molecule has 1 aliphatic rings. The number of carbonyl (C=O) groups excluding carboxylic acids is 1. The Morgan fingerprint density at radius 3 is 2.54 bits per heavy atom. The molecule has 5 nitrogen and oxygen atoms in total. The first-order chi connectivity index (χ1) is 11.4. The highest BCUT2D eigenvalue weighted by molar-refractivity contribution is 5.76. The topological polar surface area (TPSA) is 54.5 Å². The number of halogens is 3. The maximum Gasteiger partial charge on any atom is 0.318 e. The molecular formula is C16H14F3N3O2. The number of carbonyl (C=O) groups is 1. The van der Waals surface area contributed by atoms with Gasteiger partial charge in [0.2, 0.25) is 11.6 Å². The van der Waals surface area contributed by atoms with E-state index in [2.05, 4.69) is 10.3 Å². The molecule has 8 heteroatoms. The van der Waals surface area contributed by atoms with Gasteiger partial charge in [-0.3, -0.25) is 0 Å². The number of amides is 2. The quantitative estimate of drug-likeness (QED) is 0.932. The second-order valence-corrected chi connectivity index (χ2v) is 5.47. The second-order valence-electron chi connectivity index (χ2n) is 5.47.